The van der Waals surface area contributed by atoms with E-state index in [1.54, 1.807) is 6.20 Å². The number of rotatable bonds is 3. The van der Waals surface area contributed by atoms with Crippen LogP contribution in [-0.4, -0.2) is 38.7 Å². The van der Waals surface area contributed by atoms with Gasteiger partial charge in [-0.2, -0.15) is 0 Å². The fourth-order valence-corrected chi connectivity index (χ4v) is 2.45. The summed E-state index contributed by atoms with van der Waals surface area (Å²) in [5.41, 5.74) is 2.62. The Bertz CT molecular complexity index is 807. The summed E-state index contributed by atoms with van der Waals surface area (Å²) in [4.78, 5) is 19.4. The molecule has 5 heteroatoms. The Morgan fingerprint density at radius 3 is 2.90 bits per heavy atom. The van der Waals surface area contributed by atoms with Crippen molar-refractivity contribution in [3.63, 3.8) is 0 Å². The zero-order valence-corrected chi connectivity index (χ0v) is 10.9. The van der Waals surface area contributed by atoms with Crippen LogP contribution in [0.15, 0.2) is 30.5 Å². The van der Waals surface area contributed by atoms with E-state index in [-0.39, 0.29) is 5.69 Å². The molecule has 3 aromatic rings. The predicted octanol–water partition coefficient (Wildman–Crippen LogP) is 1.56. The quantitative estimate of drug-likeness (QED) is 0.630. The third-order valence-electron chi connectivity index (χ3n) is 3.43. The van der Waals surface area contributed by atoms with Crippen LogP contribution >= 0.6 is 0 Å². The lowest BCUT2D eigenvalue weighted by Crippen LogP contribution is -2.25. The molecule has 0 spiro atoms. The largest absolute Gasteiger partial charge is 0.393 e. The molecule has 3 N–H and O–H groups in total. The summed E-state index contributed by atoms with van der Waals surface area (Å²) in [7, 11) is 0. The van der Waals surface area contributed by atoms with Crippen LogP contribution in [-0.2, 0) is 0 Å². The Morgan fingerprint density at radius 1 is 1.40 bits per heavy atom. The number of benzene rings is 1. The van der Waals surface area contributed by atoms with Gasteiger partial charge in [-0.05, 0) is 18.6 Å². The fourth-order valence-electron chi connectivity index (χ4n) is 2.45. The van der Waals surface area contributed by atoms with Gasteiger partial charge in [-0.15, -0.1) is 0 Å². The number of aromatic nitrogens is 2. The molecule has 0 aliphatic rings. The Hall–Kier alpha value is -2.24. The van der Waals surface area contributed by atoms with Crippen LogP contribution < -0.4 is 0 Å². The molecule has 0 radical (unpaired) electrons. The molecule has 0 aliphatic heterocycles. The van der Waals surface area contributed by atoms with Gasteiger partial charge in [0.05, 0.1) is 12.1 Å². The van der Waals surface area contributed by atoms with E-state index in [1.807, 2.05) is 31.2 Å². The van der Waals surface area contributed by atoms with Gasteiger partial charge in [0.15, 0.2) is 0 Å². The zero-order valence-electron chi connectivity index (χ0n) is 10.9. The van der Waals surface area contributed by atoms with Gasteiger partial charge in [0, 0.05) is 22.5 Å². The van der Waals surface area contributed by atoms with Crippen LogP contribution in [0, 0.1) is 6.92 Å². The van der Waals surface area contributed by atoms with E-state index in [0.717, 1.165) is 21.9 Å². The zero-order chi connectivity index (χ0) is 14.3. The summed E-state index contributed by atoms with van der Waals surface area (Å²) >= 11 is 0. The molecule has 5 nitrogen and oxygen atoms in total. The highest BCUT2D eigenvalue weighted by Gasteiger charge is 2.22. The number of hydrogen-bond donors (Lipinski definition) is 3. The van der Waals surface area contributed by atoms with Crippen LogP contribution in [0.1, 0.15) is 16.1 Å². The first kappa shape index (κ1) is 12.8. The van der Waals surface area contributed by atoms with Crippen molar-refractivity contribution in [2.75, 3.05) is 6.61 Å². The first-order chi connectivity index (χ1) is 9.63. The SMILES string of the molecule is Cc1cnc(C(=O)C(O)CO)c2[nH]c3ccccc3c12. The van der Waals surface area contributed by atoms with Crippen LogP contribution in [0.25, 0.3) is 21.8 Å². The molecule has 0 saturated heterocycles. The highest BCUT2D eigenvalue weighted by atomic mass is 16.3. The maximum atomic E-state index is 12.1. The van der Waals surface area contributed by atoms with Crippen molar-refractivity contribution in [1.29, 1.82) is 0 Å². The first-order valence-corrected chi connectivity index (χ1v) is 6.32. The lowest BCUT2D eigenvalue weighted by atomic mass is 10.1. The minimum Gasteiger partial charge on any atom is -0.393 e. The van der Waals surface area contributed by atoms with E-state index in [9.17, 15) is 9.90 Å². The van der Waals surface area contributed by atoms with Crippen LogP contribution in [0.4, 0.5) is 0 Å². The summed E-state index contributed by atoms with van der Waals surface area (Å²) in [5, 5.41) is 20.4. The molecule has 0 fully saturated rings. The topological polar surface area (TPSA) is 86.2 Å². The number of nitrogens with one attached hydrogen (secondary N) is 1. The number of aryl methyl sites for hydroxylation is 1. The second-order valence-corrected chi connectivity index (χ2v) is 4.77. The number of Topliss-reactive ketones (excluding diaryl/α,β-unsaturated/α-hetero) is 1. The fraction of sp³-hybridized carbons (Fsp3) is 0.200. The van der Waals surface area contributed by atoms with E-state index in [0.29, 0.717) is 5.52 Å². The molecule has 2 heterocycles. The number of carbonyl (C=O) groups excluding carboxylic acids is 1. The predicted molar refractivity (Wildman–Crippen MR) is 75.8 cm³/mol. The normalized spacial score (nSPS) is 12.9. The second kappa shape index (κ2) is 4.70. The first-order valence-electron chi connectivity index (χ1n) is 6.32. The number of hydrogen-bond acceptors (Lipinski definition) is 4. The number of aliphatic hydroxyl groups excluding tert-OH is 2. The van der Waals surface area contributed by atoms with Gasteiger partial charge >= 0.3 is 0 Å². The van der Waals surface area contributed by atoms with Gasteiger partial charge < -0.3 is 15.2 Å². The van der Waals surface area contributed by atoms with Crippen molar-refractivity contribution in [3.05, 3.63) is 41.7 Å². The molecule has 1 unspecified atom stereocenters. The number of nitrogens with zero attached hydrogens (tertiary/aromatic N) is 1. The minimum absolute atomic E-state index is 0.156. The molecule has 2 aromatic heterocycles. The van der Waals surface area contributed by atoms with E-state index in [2.05, 4.69) is 9.97 Å². The summed E-state index contributed by atoms with van der Waals surface area (Å²) in [6.07, 6.45) is 0.166. The average Bonchev–Trinajstić information content (AvgIpc) is 2.86. The number of H-pyrrole nitrogens is 1. The van der Waals surface area contributed by atoms with Crippen molar-refractivity contribution < 1.29 is 15.0 Å². The molecule has 1 aromatic carbocycles. The second-order valence-electron chi connectivity index (χ2n) is 4.77. The standard InChI is InChI=1S/C15H14N2O3/c1-8-6-16-14(15(20)11(19)7-18)13-12(8)9-4-2-3-5-10(9)17-13/h2-6,11,17-19H,7H2,1H3. The van der Waals surface area contributed by atoms with Gasteiger partial charge in [0.2, 0.25) is 5.78 Å². The molecule has 3 rings (SSSR count). The number of para-hydroxylation sites is 1. The lowest BCUT2D eigenvalue weighted by molar-refractivity contribution is 0.0584. The third kappa shape index (κ3) is 1.79. The van der Waals surface area contributed by atoms with E-state index in [1.165, 1.54) is 0 Å². The summed E-state index contributed by atoms with van der Waals surface area (Å²) in [6.45, 7) is 1.31. The lowest BCUT2D eigenvalue weighted by Gasteiger charge is -2.07. The van der Waals surface area contributed by atoms with E-state index < -0.39 is 18.5 Å². The van der Waals surface area contributed by atoms with Crippen LogP contribution in [0.5, 0.6) is 0 Å². The van der Waals surface area contributed by atoms with Gasteiger partial charge in [-0.1, -0.05) is 18.2 Å². The van der Waals surface area contributed by atoms with Gasteiger partial charge in [-0.25, -0.2) is 0 Å². The Balaban J connectivity index is 2.35. The maximum Gasteiger partial charge on any atom is 0.214 e. The highest BCUT2D eigenvalue weighted by Crippen LogP contribution is 2.29. The van der Waals surface area contributed by atoms with Gasteiger partial charge in [-0.3, -0.25) is 9.78 Å². The monoisotopic (exact) mass is 270 g/mol. The summed E-state index contributed by atoms with van der Waals surface area (Å²) in [6, 6.07) is 7.73. The minimum atomic E-state index is -1.44. The van der Waals surface area contributed by atoms with E-state index in [4.69, 9.17) is 5.11 Å². The van der Waals surface area contributed by atoms with Crippen molar-refractivity contribution >= 4 is 27.6 Å². The van der Waals surface area contributed by atoms with Crippen molar-refractivity contribution in [1.82, 2.24) is 9.97 Å². The van der Waals surface area contributed by atoms with Crippen LogP contribution in [0.3, 0.4) is 0 Å². The van der Waals surface area contributed by atoms with Crippen LogP contribution in [0.2, 0.25) is 0 Å². The Kier molecular flexibility index (Phi) is 3.00. The number of pyridine rings is 1. The van der Waals surface area contributed by atoms with Crippen molar-refractivity contribution in [2.24, 2.45) is 0 Å². The number of aliphatic hydroxyl groups is 2. The molecule has 20 heavy (non-hydrogen) atoms. The molecule has 0 bridgehead atoms. The molecular weight excluding hydrogens is 256 g/mol. The van der Waals surface area contributed by atoms with Crippen molar-refractivity contribution in [2.45, 2.75) is 13.0 Å². The molecule has 0 saturated carbocycles. The van der Waals surface area contributed by atoms with E-state index >= 15 is 0 Å². The number of fused-ring (bicyclic) bond motifs is 3. The number of aromatic amines is 1. The number of ketones is 1. The third-order valence-corrected chi connectivity index (χ3v) is 3.43. The molecule has 102 valence electrons. The maximum absolute atomic E-state index is 12.1. The molecule has 0 amide bonds. The molecule has 1 atom stereocenters. The Labute approximate surface area is 114 Å². The van der Waals surface area contributed by atoms with Gasteiger partial charge in [0.25, 0.3) is 0 Å². The molecular formula is C15H14N2O3. The van der Waals surface area contributed by atoms with Crippen molar-refractivity contribution in [3.8, 4) is 0 Å². The number of carbonyl (C=O) groups is 1. The molecule has 0 aliphatic carbocycles. The average molecular weight is 270 g/mol. The Morgan fingerprint density at radius 2 is 2.15 bits per heavy atom. The smallest absolute Gasteiger partial charge is 0.214 e. The summed E-state index contributed by atoms with van der Waals surface area (Å²) in [5.74, 6) is -0.580. The highest BCUT2D eigenvalue weighted by molar-refractivity contribution is 6.16. The van der Waals surface area contributed by atoms with Gasteiger partial charge in [0.1, 0.15) is 11.8 Å². The summed E-state index contributed by atoms with van der Waals surface area (Å²) < 4.78 is 0.